The second-order valence-electron chi connectivity index (χ2n) is 8.56. The minimum absolute atomic E-state index is 0.0330. The van der Waals surface area contributed by atoms with Crippen LogP contribution in [0.3, 0.4) is 0 Å². The van der Waals surface area contributed by atoms with E-state index >= 15 is 0 Å². The molecule has 2 aromatic carbocycles. The van der Waals surface area contributed by atoms with Gasteiger partial charge in [0.2, 0.25) is 10.0 Å². The van der Waals surface area contributed by atoms with Gasteiger partial charge in [0.05, 0.1) is 16.4 Å². The molecule has 0 saturated carbocycles. The van der Waals surface area contributed by atoms with Gasteiger partial charge in [0, 0.05) is 30.4 Å². The number of anilines is 1. The van der Waals surface area contributed by atoms with Crippen molar-refractivity contribution in [3.63, 3.8) is 0 Å². The van der Waals surface area contributed by atoms with Crippen LogP contribution in [-0.2, 0) is 16.2 Å². The molecule has 8 nitrogen and oxygen atoms in total. The van der Waals surface area contributed by atoms with Gasteiger partial charge in [-0.2, -0.15) is 17.5 Å². The summed E-state index contributed by atoms with van der Waals surface area (Å²) in [6.07, 6.45) is -4.02. The summed E-state index contributed by atoms with van der Waals surface area (Å²) >= 11 is 0. The normalized spacial score (nSPS) is 19.6. The van der Waals surface area contributed by atoms with Crippen molar-refractivity contribution < 1.29 is 31.3 Å². The topological polar surface area (TPSA) is 110 Å². The number of piperidine rings is 1. The quantitative estimate of drug-likeness (QED) is 0.339. The van der Waals surface area contributed by atoms with Gasteiger partial charge in [-0.25, -0.2) is 8.42 Å². The van der Waals surface area contributed by atoms with E-state index in [0.717, 1.165) is 12.5 Å². The fourth-order valence-corrected chi connectivity index (χ4v) is 5.82. The maximum absolute atomic E-state index is 13.2. The second-order valence-corrected chi connectivity index (χ2v) is 10.5. The third kappa shape index (κ3) is 5.73. The Hall–Kier alpha value is -2.99. The molecule has 0 aliphatic carbocycles. The molecule has 1 heterocycles. The Morgan fingerprint density at radius 1 is 1.15 bits per heavy atom. The Bertz CT molecular complexity index is 1190. The molecule has 3 rings (SSSR count). The molecular weight excluding hydrogens is 475 g/mol. The molecule has 12 heteroatoms. The van der Waals surface area contributed by atoms with E-state index in [1.807, 2.05) is 13.8 Å². The lowest BCUT2D eigenvalue weighted by Gasteiger charge is -2.34. The van der Waals surface area contributed by atoms with E-state index in [0.29, 0.717) is 25.2 Å². The van der Waals surface area contributed by atoms with Crippen LogP contribution in [0.1, 0.15) is 36.2 Å². The first-order chi connectivity index (χ1) is 15.8. The van der Waals surface area contributed by atoms with Crippen molar-refractivity contribution in [1.82, 2.24) is 4.31 Å². The molecule has 1 aliphatic heterocycles. The zero-order chi connectivity index (χ0) is 25.3. The highest BCUT2D eigenvalue weighted by atomic mass is 32.2. The van der Waals surface area contributed by atoms with Crippen LogP contribution in [0.15, 0.2) is 47.4 Å². The van der Waals surface area contributed by atoms with Crippen LogP contribution in [-0.4, -0.2) is 43.1 Å². The Kier molecular flexibility index (Phi) is 7.32. The minimum Gasteiger partial charge on any atom is -0.378 e. The first-order valence-electron chi connectivity index (χ1n) is 10.5. The van der Waals surface area contributed by atoms with Gasteiger partial charge in [-0.15, -0.1) is 0 Å². The summed E-state index contributed by atoms with van der Waals surface area (Å²) < 4.78 is 67.0. The van der Waals surface area contributed by atoms with E-state index < -0.39 is 44.7 Å². The van der Waals surface area contributed by atoms with E-state index in [-0.39, 0.29) is 28.0 Å². The molecule has 184 valence electrons. The third-order valence-corrected chi connectivity index (χ3v) is 7.41. The summed E-state index contributed by atoms with van der Waals surface area (Å²) in [4.78, 5) is 22.3. The maximum atomic E-state index is 13.2. The maximum Gasteiger partial charge on any atom is 0.423 e. The fraction of sp³-hybridized carbons (Fsp3) is 0.409. The molecule has 0 aromatic heterocycles. The smallest absolute Gasteiger partial charge is 0.378 e. The number of ketones is 1. The van der Waals surface area contributed by atoms with Gasteiger partial charge in [0.1, 0.15) is 5.56 Å². The largest absolute Gasteiger partial charge is 0.423 e. The number of nitro groups is 1. The Morgan fingerprint density at radius 3 is 2.38 bits per heavy atom. The number of rotatable bonds is 7. The zero-order valence-electron chi connectivity index (χ0n) is 18.5. The molecule has 0 radical (unpaired) electrons. The molecule has 0 amide bonds. The summed E-state index contributed by atoms with van der Waals surface area (Å²) in [5, 5.41) is 13.4. The lowest BCUT2D eigenvalue weighted by atomic mass is 9.94. The van der Waals surface area contributed by atoms with Crippen LogP contribution in [0.5, 0.6) is 0 Å². The number of carbonyl (C=O) groups excluding carboxylic acids is 1. The molecule has 1 fully saturated rings. The lowest BCUT2D eigenvalue weighted by molar-refractivity contribution is -0.388. The summed E-state index contributed by atoms with van der Waals surface area (Å²) in [5.74, 6) is -0.143. The van der Waals surface area contributed by atoms with E-state index in [2.05, 4.69) is 5.32 Å². The van der Waals surface area contributed by atoms with Crippen LogP contribution < -0.4 is 5.32 Å². The van der Waals surface area contributed by atoms with Gasteiger partial charge >= 0.3 is 6.18 Å². The average Bonchev–Trinajstić information content (AvgIpc) is 2.76. The van der Waals surface area contributed by atoms with E-state index in [4.69, 9.17) is 0 Å². The molecule has 1 saturated heterocycles. The van der Waals surface area contributed by atoms with Crippen molar-refractivity contribution >= 4 is 27.2 Å². The van der Waals surface area contributed by atoms with E-state index in [1.54, 1.807) is 0 Å². The van der Waals surface area contributed by atoms with E-state index in [1.165, 1.54) is 28.6 Å². The van der Waals surface area contributed by atoms with Gasteiger partial charge in [-0.1, -0.05) is 26.0 Å². The number of sulfonamides is 1. The van der Waals surface area contributed by atoms with Crippen molar-refractivity contribution in [2.24, 2.45) is 11.8 Å². The fourth-order valence-electron chi connectivity index (χ4n) is 4.10. The van der Waals surface area contributed by atoms with Crippen LogP contribution >= 0.6 is 0 Å². The number of nitrogens with one attached hydrogen (secondary N) is 1. The van der Waals surface area contributed by atoms with Gasteiger partial charge < -0.3 is 5.32 Å². The van der Waals surface area contributed by atoms with E-state index in [9.17, 15) is 36.5 Å². The summed E-state index contributed by atoms with van der Waals surface area (Å²) in [6, 6.07) is 7.84. The standard InChI is InChI=1S/C22H24F3N3O5S/c1-14-8-15(2)13-27(12-14)34(32,33)18-5-3-4-16(9-18)21(29)11-26-17-6-7-20(28(30)31)19(10-17)22(23,24)25/h3-7,9-10,14-15,26H,8,11-13H2,1-2H3. The number of benzene rings is 2. The Labute approximate surface area is 195 Å². The van der Waals surface area contributed by atoms with Crippen molar-refractivity contribution in [2.45, 2.75) is 31.3 Å². The summed E-state index contributed by atoms with van der Waals surface area (Å²) in [5.41, 5.74) is -2.59. The number of hydrogen-bond donors (Lipinski definition) is 1. The zero-order valence-corrected chi connectivity index (χ0v) is 19.3. The first kappa shape index (κ1) is 25.6. The highest BCUT2D eigenvalue weighted by Gasteiger charge is 2.38. The van der Waals surface area contributed by atoms with Gasteiger partial charge in [-0.05, 0) is 42.5 Å². The summed E-state index contributed by atoms with van der Waals surface area (Å²) in [6.45, 7) is 4.29. The van der Waals surface area contributed by atoms with Crippen molar-refractivity contribution in [3.05, 3.63) is 63.7 Å². The average molecular weight is 500 g/mol. The number of nitro benzene ring substituents is 1. The molecular formula is C22H24F3N3O5S. The number of nitrogens with zero attached hydrogens (tertiary/aromatic N) is 2. The number of hydrogen-bond acceptors (Lipinski definition) is 6. The molecule has 0 spiro atoms. The number of halogens is 3. The number of carbonyl (C=O) groups is 1. The van der Waals surface area contributed by atoms with Crippen molar-refractivity contribution in [3.8, 4) is 0 Å². The number of alkyl halides is 3. The molecule has 1 aliphatic rings. The second kappa shape index (κ2) is 9.71. The van der Waals surface area contributed by atoms with Gasteiger partial charge in [0.15, 0.2) is 5.78 Å². The predicted octanol–water partition coefficient (Wildman–Crippen LogP) is 4.58. The minimum atomic E-state index is -4.95. The van der Waals surface area contributed by atoms with Crippen molar-refractivity contribution in [1.29, 1.82) is 0 Å². The Balaban J connectivity index is 1.77. The highest BCUT2D eigenvalue weighted by Crippen LogP contribution is 2.37. The molecule has 2 atom stereocenters. The lowest BCUT2D eigenvalue weighted by Crippen LogP contribution is -2.42. The van der Waals surface area contributed by atoms with Gasteiger partial charge in [-0.3, -0.25) is 14.9 Å². The van der Waals surface area contributed by atoms with Crippen LogP contribution in [0, 0.1) is 22.0 Å². The third-order valence-electron chi connectivity index (χ3n) is 5.58. The number of Topliss-reactive ketones (excluding diaryl/α,β-unsaturated/α-hetero) is 1. The molecule has 2 aromatic rings. The monoisotopic (exact) mass is 499 g/mol. The molecule has 34 heavy (non-hydrogen) atoms. The highest BCUT2D eigenvalue weighted by molar-refractivity contribution is 7.89. The van der Waals surface area contributed by atoms with Crippen LogP contribution in [0.2, 0.25) is 0 Å². The predicted molar refractivity (Wildman–Crippen MR) is 119 cm³/mol. The SMILES string of the molecule is CC1CC(C)CN(S(=O)(=O)c2cccc(C(=O)CNc3ccc([N+](=O)[O-])c(C(F)(F)F)c3)c2)C1. The summed E-state index contributed by atoms with van der Waals surface area (Å²) in [7, 11) is -3.81. The van der Waals surface area contributed by atoms with Gasteiger partial charge in [0.25, 0.3) is 5.69 Å². The molecule has 0 bridgehead atoms. The molecule has 1 N–H and O–H groups in total. The van der Waals surface area contributed by atoms with Crippen LogP contribution in [0.4, 0.5) is 24.5 Å². The van der Waals surface area contributed by atoms with Crippen LogP contribution in [0.25, 0.3) is 0 Å². The van der Waals surface area contributed by atoms with Crippen molar-refractivity contribution in [2.75, 3.05) is 25.0 Å². The Morgan fingerprint density at radius 2 is 1.79 bits per heavy atom. The first-order valence-corrected chi connectivity index (χ1v) is 12.0. The molecule has 2 unspecified atom stereocenters.